The van der Waals surface area contributed by atoms with Crippen LogP contribution in [0.1, 0.15) is 12.5 Å². The van der Waals surface area contributed by atoms with Crippen molar-refractivity contribution in [3.05, 3.63) is 29.8 Å². The predicted octanol–water partition coefficient (Wildman–Crippen LogP) is 2.99. The van der Waals surface area contributed by atoms with Gasteiger partial charge in [0.1, 0.15) is 0 Å². The Kier molecular flexibility index (Phi) is 6.15. The fourth-order valence-electron chi connectivity index (χ4n) is 1.13. The summed E-state index contributed by atoms with van der Waals surface area (Å²) in [5.41, 5.74) is 6.80. The average Bonchev–Trinajstić information content (AvgIpc) is 2.25. The second-order valence-corrected chi connectivity index (χ2v) is 5.46. The van der Waals surface area contributed by atoms with E-state index in [0.29, 0.717) is 6.54 Å². The molecule has 1 aromatic carbocycles. The van der Waals surface area contributed by atoms with Gasteiger partial charge in [0.05, 0.1) is 0 Å². The minimum absolute atomic E-state index is 0.637. The van der Waals surface area contributed by atoms with Crippen molar-refractivity contribution in [2.45, 2.75) is 18.4 Å². The smallest absolute Gasteiger partial charge is 0.0178 e. The fourth-order valence-corrected chi connectivity index (χ4v) is 2.86. The van der Waals surface area contributed by atoms with Crippen LogP contribution in [-0.2, 0) is 6.54 Å². The molecule has 0 aromatic heterocycles. The highest BCUT2D eigenvalue weighted by atomic mass is 32.2. The van der Waals surface area contributed by atoms with Gasteiger partial charge < -0.3 is 5.73 Å². The molecular weight excluding hydrogens is 210 g/mol. The van der Waals surface area contributed by atoms with Gasteiger partial charge in [0, 0.05) is 22.9 Å². The third-order valence-electron chi connectivity index (χ3n) is 1.83. The van der Waals surface area contributed by atoms with Gasteiger partial charge in [0.25, 0.3) is 0 Å². The van der Waals surface area contributed by atoms with E-state index < -0.39 is 0 Å². The molecule has 78 valence electrons. The first-order valence-electron chi connectivity index (χ1n) is 4.86. The molecule has 0 unspecified atom stereocenters. The quantitative estimate of drug-likeness (QED) is 0.597. The number of benzene rings is 1. The van der Waals surface area contributed by atoms with E-state index >= 15 is 0 Å². The average molecular weight is 227 g/mol. The van der Waals surface area contributed by atoms with Gasteiger partial charge in [-0.15, -0.1) is 11.8 Å². The predicted molar refractivity (Wildman–Crippen MR) is 68.1 cm³/mol. The van der Waals surface area contributed by atoms with Crippen molar-refractivity contribution in [3.8, 4) is 0 Å². The Bertz CT molecular complexity index is 263. The summed E-state index contributed by atoms with van der Waals surface area (Å²) in [6, 6.07) is 8.49. The van der Waals surface area contributed by atoms with Crippen LogP contribution in [-0.4, -0.2) is 17.3 Å². The molecule has 0 radical (unpaired) electrons. The Balaban J connectivity index is 2.34. The summed E-state index contributed by atoms with van der Waals surface area (Å²) < 4.78 is 0. The topological polar surface area (TPSA) is 26.0 Å². The van der Waals surface area contributed by atoms with Gasteiger partial charge in [0.15, 0.2) is 0 Å². The van der Waals surface area contributed by atoms with E-state index in [2.05, 4.69) is 31.2 Å². The lowest BCUT2D eigenvalue weighted by atomic mass is 10.2. The van der Waals surface area contributed by atoms with E-state index in [1.165, 1.54) is 27.7 Å². The van der Waals surface area contributed by atoms with E-state index in [1.54, 1.807) is 0 Å². The van der Waals surface area contributed by atoms with Crippen LogP contribution in [0.15, 0.2) is 29.2 Å². The molecule has 0 amide bonds. The van der Waals surface area contributed by atoms with Crippen LogP contribution in [0.5, 0.6) is 0 Å². The Morgan fingerprint density at radius 3 is 2.86 bits per heavy atom. The molecule has 1 aromatic rings. The molecule has 1 nitrogen and oxygen atoms in total. The van der Waals surface area contributed by atoms with Crippen LogP contribution >= 0.6 is 23.5 Å². The summed E-state index contributed by atoms with van der Waals surface area (Å²) in [6.45, 7) is 2.84. The molecule has 14 heavy (non-hydrogen) atoms. The van der Waals surface area contributed by atoms with Crippen molar-refractivity contribution < 1.29 is 0 Å². The zero-order valence-electron chi connectivity index (χ0n) is 8.53. The van der Waals surface area contributed by atoms with Gasteiger partial charge in [-0.25, -0.2) is 0 Å². The van der Waals surface area contributed by atoms with Gasteiger partial charge in [0.2, 0.25) is 0 Å². The van der Waals surface area contributed by atoms with Crippen LogP contribution in [0.3, 0.4) is 0 Å². The summed E-state index contributed by atoms with van der Waals surface area (Å²) in [6.07, 6.45) is 0. The van der Waals surface area contributed by atoms with E-state index in [-0.39, 0.29) is 0 Å². The summed E-state index contributed by atoms with van der Waals surface area (Å²) >= 11 is 3.91. The maximum Gasteiger partial charge on any atom is 0.0178 e. The first-order chi connectivity index (χ1) is 6.86. The second-order valence-electron chi connectivity index (χ2n) is 2.90. The van der Waals surface area contributed by atoms with Crippen molar-refractivity contribution in [1.29, 1.82) is 0 Å². The lowest BCUT2D eigenvalue weighted by Gasteiger charge is -2.02. The molecule has 2 N–H and O–H groups in total. The van der Waals surface area contributed by atoms with Crippen molar-refractivity contribution >= 4 is 23.5 Å². The van der Waals surface area contributed by atoms with Crippen LogP contribution in [0.4, 0.5) is 0 Å². The summed E-state index contributed by atoms with van der Waals surface area (Å²) in [5.74, 6) is 3.63. The first-order valence-corrected chi connectivity index (χ1v) is 7.00. The molecule has 0 aliphatic rings. The molecule has 0 heterocycles. The van der Waals surface area contributed by atoms with E-state index in [1.807, 2.05) is 23.5 Å². The Hall–Kier alpha value is -0.120. The normalized spacial score (nSPS) is 10.4. The molecule has 0 atom stereocenters. The second kappa shape index (κ2) is 7.21. The molecular formula is C11H17NS2. The largest absolute Gasteiger partial charge is 0.326 e. The van der Waals surface area contributed by atoms with Gasteiger partial charge in [-0.05, 0) is 23.4 Å². The third-order valence-corrected chi connectivity index (χ3v) is 3.99. The highest BCUT2D eigenvalue weighted by Crippen LogP contribution is 2.20. The van der Waals surface area contributed by atoms with Crippen molar-refractivity contribution in [2.75, 3.05) is 17.3 Å². The molecule has 0 aliphatic carbocycles. The Labute approximate surface area is 94.8 Å². The zero-order valence-corrected chi connectivity index (χ0v) is 10.2. The molecule has 0 aliphatic heterocycles. The molecule has 0 saturated heterocycles. The van der Waals surface area contributed by atoms with Crippen molar-refractivity contribution in [3.63, 3.8) is 0 Å². The Morgan fingerprint density at radius 2 is 2.14 bits per heavy atom. The SMILES string of the molecule is CCSCCSc1cccc(CN)c1. The first kappa shape index (κ1) is 12.0. The third kappa shape index (κ3) is 4.40. The number of hydrogen-bond acceptors (Lipinski definition) is 3. The molecule has 1 rings (SSSR count). The highest BCUT2D eigenvalue weighted by molar-refractivity contribution is 8.02. The van der Waals surface area contributed by atoms with Crippen molar-refractivity contribution in [2.24, 2.45) is 5.73 Å². The zero-order chi connectivity index (χ0) is 10.2. The maximum absolute atomic E-state index is 5.58. The van der Waals surface area contributed by atoms with Gasteiger partial charge >= 0.3 is 0 Å². The summed E-state index contributed by atoms with van der Waals surface area (Å²) in [5, 5.41) is 0. The standard InChI is InChI=1S/C11H17NS2/c1-2-13-6-7-14-11-5-3-4-10(8-11)9-12/h3-5,8H,2,6-7,9,12H2,1H3. The summed E-state index contributed by atoms with van der Waals surface area (Å²) in [7, 11) is 0. The van der Waals surface area contributed by atoms with Crippen LogP contribution in [0.2, 0.25) is 0 Å². The molecule has 0 bridgehead atoms. The summed E-state index contributed by atoms with van der Waals surface area (Å²) in [4.78, 5) is 1.34. The minimum Gasteiger partial charge on any atom is -0.326 e. The minimum atomic E-state index is 0.637. The van der Waals surface area contributed by atoms with Crippen LogP contribution in [0.25, 0.3) is 0 Å². The van der Waals surface area contributed by atoms with Gasteiger partial charge in [-0.3, -0.25) is 0 Å². The fraction of sp³-hybridized carbons (Fsp3) is 0.455. The number of nitrogens with two attached hydrogens (primary N) is 1. The van der Waals surface area contributed by atoms with Gasteiger partial charge in [-0.1, -0.05) is 19.1 Å². The molecule has 0 fully saturated rings. The highest BCUT2D eigenvalue weighted by Gasteiger charge is 1.95. The van der Waals surface area contributed by atoms with E-state index in [9.17, 15) is 0 Å². The van der Waals surface area contributed by atoms with E-state index in [0.717, 1.165) is 0 Å². The lowest BCUT2D eigenvalue weighted by molar-refractivity contribution is 1.06. The number of thioether (sulfide) groups is 2. The van der Waals surface area contributed by atoms with E-state index in [4.69, 9.17) is 5.73 Å². The van der Waals surface area contributed by atoms with Crippen LogP contribution < -0.4 is 5.73 Å². The van der Waals surface area contributed by atoms with Gasteiger partial charge in [-0.2, -0.15) is 11.8 Å². The Morgan fingerprint density at radius 1 is 1.29 bits per heavy atom. The molecule has 3 heteroatoms. The lowest BCUT2D eigenvalue weighted by Crippen LogP contribution is -1.95. The van der Waals surface area contributed by atoms with Crippen molar-refractivity contribution in [1.82, 2.24) is 0 Å². The maximum atomic E-state index is 5.58. The molecule has 0 saturated carbocycles. The molecule has 0 spiro atoms. The number of hydrogen-bond donors (Lipinski definition) is 1. The van der Waals surface area contributed by atoms with Crippen LogP contribution in [0, 0.1) is 0 Å². The monoisotopic (exact) mass is 227 g/mol. The number of rotatable bonds is 6.